The first-order valence-electron chi connectivity index (χ1n) is 5.98. The van der Waals surface area contributed by atoms with E-state index in [9.17, 15) is 0 Å². The second-order valence-corrected chi connectivity index (χ2v) is 4.70. The molecule has 0 saturated heterocycles. The van der Waals surface area contributed by atoms with Crippen molar-refractivity contribution >= 4 is 28.8 Å². The predicted octanol–water partition coefficient (Wildman–Crippen LogP) is 3.34. The van der Waals surface area contributed by atoms with Gasteiger partial charge in [-0.05, 0) is 36.5 Å². The fraction of sp³-hybridized carbons (Fsp3) is 0. The standard InChI is InChI=1S/C14H10N4S/c19-14-15-13-11-8-4-5-9-12(11)16-18(13)17(14)10-6-2-1-3-7-10/h1-9,16H. The van der Waals surface area contributed by atoms with Crippen LogP contribution in [0.3, 0.4) is 0 Å². The first-order chi connectivity index (χ1) is 9.34. The molecule has 19 heavy (non-hydrogen) atoms. The Morgan fingerprint density at radius 2 is 1.68 bits per heavy atom. The fourth-order valence-electron chi connectivity index (χ4n) is 2.33. The lowest BCUT2D eigenvalue weighted by atomic mass is 10.2. The van der Waals surface area contributed by atoms with E-state index in [1.807, 2.05) is 63.9 Å². The van der Waals surface area contributed by atoms with Crippen LogP contribution in [0.5, 0.6) is 0 Å². The molecule has 0 bridgehead atoms. The molecule has 0 amide bonds. The molecule has 0 saturated carbocycles. The van der Waals surface area contributed by atoms with Crippen molar-refractivity contribution in [1.82, 2.24) is 19.4 Å². The summed E-state index contributed by atoms with van der Waals surface area (Å²) in [6, 6.07) is 18.0. The molecule has 0 aliphatic rings. The topological polar surface area (TPSA) is 38.0 Å². The number of hydrogen-bond acceptors (Lipinski definition) is 2. The van der Waals surface area contributed by atoms with Crippen molar-refractivity contribution in [3.8, 4) is 5.69 Å². The van der Waals surface area contributed by atoms with Gasteiger partial charge in [-0.1, -0.05) is 30.3 Å². The van der Waals surface area contributed by atoms with E-state index in [4.69, 9.17) is 12.2 Å². The minimum atomic E-state index is 0.545. The van der Waals surface area contributed by atoms with Crippen LogP contribution in [0.4, 0.5) is 0 Å². The van der Waals surface area contributed by atoms with Gasteiger partial charge in [0, 0.05) is 5.39 Å². The highest BCUT2D eigenvalue weighted by atomic mass is 32.1. The number of rotatable bonds is 1. The van der Waals surface area contributed by atoms with Crippen molar-refractivity contribution in [2.24, 2.45) is 0 Å². The summed E-state index contributed by atoms with van der Waals surface area (Å²) in [5.41, 5.74) is 2.89. The molecular formula is C14H10N4S. The Bertz CT molecular complexity index is 930. The zero-order valence-electron chi connectivity index (χ0n) is 9.95. The van der Waals surface area contributed by atoms with Crippen LogP contribution in [-0.4, -0.2) is 19.4 Å². The summed E-state index contributed by atoms with van der Waals surface area (Å²) in [6.45, 7) is 0. The van der Waals surface area contributed by atoms with Gasteiger partial charge < -0.3 is 0 Å². The number of hydrogen-bond donors (Lipinski definition) is 1. The average Bonchev–Trinajstić information content (AvgIpc) is 2.94. The highest BCUT2D eigenvalue weighted by Gasteiger charge is 2.11. The number of para-hydroxylation sites is 2. The van der Waals surface area contributed by atoms with Gasteiger partial charge in [0.15, 0.2) is 5.65 Å². The molecule has 4 rings (SSSR count). The first-order valence-corrected chi connectivity index (χ1v) is 6.39. The lowest BCUT2D eigenvalue weighted by molar-refractivity contribution is 0.708. The van der Waals surface area contributed by atoms with Gasteiger partial charge in [0.05, 0.1) is 11.2 Å². The molecule has 0 atom stereocenters. The number of nitrogens with zero attached hydrogens (tertiary/aromatic N) is 3. The number of nitrogens with one attached hydrogen (secondary N) is 1. The molecule has 2 aromatic carbocycles. The van der Waals surface area contributed by atoms with Crippen LogP contribution < -0.4 is 0 Å². The summed E-state index contributed by atoms with van der Waals surface area (Å²) in [6.07, 6.45) is 0. The van der Waals surface area contributed by atoms with E-state index in [0.717, 1.165) is 22.2 Å². The van der Waals surface area contributed by atoms with Crippen molar-refractivity contribution < 1.29 is 0 Å². The van der Waals surface area contributed by atoms with Gasteiger partial charge in [0.2, 0.25) is 4.77 Å². The van der Waals surface area contributed by atoms with E-state index in [0.29, 0.717) is 4.77 Å². The van der Waals surface area contributed by atoms with Crippen LogP contribution in [0.15, 0.2) is 54.6 Å². The Morgan fingerprint density at radius 1 is 0.947 bits per heavy atom. The molecule has 1 N–H and O–H groups in total. The molecule has 2 heterocycles. The SMILES string of the molecule is S=c1nc2c3ccccc3[nH]n2n1-c1ccccc1. The number of aromatic nitrogens is 4. The number of benzene rings is 2. The molecule has 0 radical (unpaired) electrons. The monoisotopic (exact) mass is 266 g/mol. The molecule has 0 spiro atoms. The summed E-state index contributed by atoms with van der Waals surface area (Å²) >= 11 is 5.36. The lowest BCUT2D eigenvalue weighted by Gasteiger charge is -2.02. The predicted molar refractivity (Wildman–Crippen MR) is 77.2 cm³/mol. The molecule has 92 valence electrons. The van der Waals surface area contributed by atoms with Crippen molar-refractivity contribution in [1.29, 1.82) is 0 Å². The maximum absolute atomic E-state index is 5.36. The van der Waals surface area contributed by atoms with Crippen LogP contribution in [0.2, 0.25) is 0 Å². The Balaban J connectivity index is 2.16. The third-order valence-electron chi connectivity index (χ3n) is 3.18. The van der Waals surface area contributed by atoms with Crippen molar-refractivity contribution in [2.45, 2.75) is 0 Å². The van der Waals surface area contributed by atoms with Crippen LogP contribution in [0, 0.1) is 4.77 Å². The van der Waals surface area contributed by atoms with E-state index in [1.165, 1.54) is 0 Å². The Labute approximate surface area is 113 Å². The quantitative estimate of drug-likeness (QED) is 0.537. The van der Waals surface area contributed by atoms with Gasteiger partial charge in [-0.15, -0.1) is 0 Å². The fourth-order valence-corrected chi connectivity index (χ4v) is 2.60. The van der Waals surface area contributed by atoms with Crippen molar-refractivity contribution in [3.63, 3.8) is 0 Å². The number of H-pyrrole nitrogens is 1. The number of fused-ring (bicyclic) bond motifs is 3. The van der Waals surface area contributed by atoms with Crippen molar-refractivity contribution in [2.75, 3.05) is 0 Å². The molecule has 5 heteroatoms. The van der Waals surface area contributed by atoms with E-state index in [2.05, 4.69) is 10.1 Å². The van der Waals surface area contributed by atoms with Gasteiger partial charge in [-0.3, -0.25) is 5.10 Å². The maximum Gasteiger partial charge on any atom is 0.223 e. The van der Waals surface area contributed by atoms with Crippen molar-refractivity contribution in [3.05, 3.63) is 59.4 Å². The third-order valence-corrected chi connectivity index (χ3v) is 3.44. The first kappa shape index (κ1) is 10.5. The minimum Gasteiger partial charge on any atom is -0.277 e. The van der Waals surface area contributed by atoms with Gasteiger partial charge in [0.1, 0.15) is 0 Å². The number of aromatic amines is 1. The average molecular weight is 266 g/mol. The maximum atomic E-state index is 5.36. The summed E-state index contributed by atoms with van der Waals surface area (Å²) in [7, 11) is 0. The lowest BCUT2D eigenvalue weighted by Crippen LogP contribution is -2.03. The van der Waals surface area contributed by atoms with Gasteiger partial charge in [-0.25, -0.2) is 4.68 Å². The largest absolute Gasteiger partial charge is 0.277 e. The molecule has 4 nitrogen and oxygen atoms in total. The van der Waals surface area contributed by atoms with Gasteiger partial charge in [0.25, 0.3) is 0 Å². The minimum absolute atomic E-state index is 0.545. The van der Waals surface area contributed by atoms with E-state index >= 15 is 0 Å². The van der Waals surface area contributed by atoms with E-state index in [1.54, 1.807) is 0 Å². The highest BCUT2D eigenvalue weighted by molar-refractivity contribution is 7.71. The highest BCUT2D eigenvalue weighted by Crippen LogP contribution is 2.19. The van der Waals surface area contributed by atoms with Crippen LogP contribution >= 0.6 is 12.2 Å². The molecule has 0 fully saturated rings. The molecule has 0 aliphatic heterocycles. The molecule has 0 aliphatic carbocycles. The van der Waals surface area contributed by atoms with Crippen LogP contribution in [-0.2, 0) is 0 Å². The summed E-state index contributed by atoms with van der Waals surface area (Å²) < 4.78 is 4.33. The Hall–Kier alpha value is -2.40. The molecule has 0 unspecified atom stereocenters. The molecule has 4 aromatic rings. The van der Waals surface area contributed by atoms with Crippen LogP contribution in [0.1, 0.15) is 0 Å². The smallest absolute Gasteiger partial charge is 0.223 e. The van der Waals surface area contributed by atoms with E-state index in [-0.39, 0.29) is 0 Å². The van der Waals surface area contributed by atoms with Crippen LogP contribution in [0.25, 0.3) is 22.2 Å². The second kappa shape index (κ2) is 3.80. The Kier molecular flexibility index (Phi) is 2.10. The van der Waals surface area contributed by atoms with Gasteiger partial charge in [-0.2, -0.15) is 9.61 Å². The van der Waals surface area contributed by atoms with Gasteiger partial charge >= 0.3 is 0 Å². The third kappa shape index (κ3) is 1.45. The summed E-state index contributed by atoms with van der Waals surface area (Å²) in [5, 5.41) is 4.39. The second-order valence-electron chi connectivity index (χ2n) is 4.33. The molecular weight excluding hydrogens is 256 g/mol. The zero-order valence-corrected chi connectivity index (χ0v) is 10.8. The summed E-state index contributed by atoms with van der Waals surface area (Å²) in [5.74, 6) is 0. The molecule has 2 aromatic heterocycles. The van der Waals surface area contributed by atoms with E-state index < -0.39 is 0 Å². The Morgan fingerprint density at radius 3 is 2.53 bits per heavy atom. The summed E-state index contributed by atoms with van der Waals surface area (Å²) in [4.78, 5) is 4.49. The normalized spacial score (nSPS) is 11.4. The zero-order chi connectivity index (χ0) is 12.8.